The summed E-state index contributed by atoms with van der Waals surface area (Å²) in [6.07, 6.45) is 1.72. The molecule has 0 aliphatic carbocycles. The molecule has 9 heteroatoms. The van der Waals surface area contributed by atoms with Crippen molar-refractivity contribution in [2.75, 3.05) is 39.8 Å². The zero-order chi connectivity index (χ0) is 23.2. The van der Waals surface area contributed by atoms with Crippen LogP contribution in [0.1, 0.15) is 29.2 Å². The molecule has 0 N–H and O–H groups in total. The third-order valence-corrected chi connectivity index (χ3v) is 7.18. The van der Waals surface area contributed by atoms with E-state index in [0.29, 0.717) is 18.8 Å². The maximum Gasteiger partial charge on any atom is 0.236 e. The number of hydrogen-bond donors (Lipinski definition) is 0. The first kappa shape index (κ1) is 25.4. The molecule has 0 aromatic heterocycles. The van der Waals surface area contributed by atoms with E-state index >= 15 is 0 Å². The molecular weight excluding hydrogens is 439 g/mol. The lowest BCUT2D eigenvalue weighted by atomic mass is 9.96. The molecule has 0 fully saturated rings. The van der Waals surface area contributed by atoms with E-state index in [1.54, 1.807) is 25.7 Å². The number of methoxy groups -OCH3 is 1. The van der Waals surface area contributed by atoms with E-state index in [0.717, 1.165) is 28.5 Å². The Bertz CT molecular complexity index is 1040. The van der Waals surface area contributed by atoms with Gasteiger partial charge in [0.1, 0.15) is 16.4 Å². The molecule has 0 amide bonds. The van der Waals surface area contributed by atoms with Crippen LogP contribution in [-0.4, -0.2) is 48.2 Å². The van der Waals surface area contributed by atoms with Gasteiger partial charge in [0.2, 0.25) is 7.37 Å². The minimum atomic E-state index is -3.47. The minimum Gasteiger partial charge on any atom is -0.484 e. The summed E-state index contributed by atoms with van der Waals surface area (Å²) >= 11 is 0. The van der Waals surface area contributed by atoms with Gasteiger partial charge in [0.15, 0.2) is 23.0 Å². The highest BCUT2D eigenvalue weighted by atomic mass is 32.2. The molecule has 172 valence electrons. The van der Waals surface area contributed by atoms with Crippen LogP contribution in [0.3, 0.4) is 0 Å². The Balaban J connectivity index is 2.27. The summed E-state index contributed by atoms with van der Waals surface area (Å²) in [7, 11) is -4.78. The van der Waals surface area contributed by atoms with Crippen LogP contribution in [0.4, 0.5) is 0 Å². The Morgan fingerprint density at radius 3 is 2.23 bits per heavy atom. The predicted octanol–water partition coefficient (Wildman–Crippen LogP) is 4.56. The molecule has 0 spiro atoms. The zero-order valence-corrected chi connectivity index (χ0v) is 20.6. The van der Waals surface area contributed by atoms with Crippen molar-refractivity contribution >= 4 is 17.2 Å². The van der Waals surface area contributed by atoms with Crippen molar-refractivity contribution in [1.29, 1.82) is 0 Å². The molecule has 0 heterocycles. The monoisotopic (exact) mass is 470 g/mol. The Morgan fingerprint density at radius 1 is 1.03 bits per heavy atom. The van der Waals surface area contributed by atoms with E-state index in [4.69, 9.17) is 18.7 Å². The molecule has 0 saturated heterocycles. The maximum absolute atomic E-state index is 12.3. The van der Waals surface area contributed by atoms with Crippen molar-refractivity contribution in [2.24, 2.45) is 0 Å². The van der Waals surface area contributed by atoms with E-state index < -0.39 is 17.2 Å². The summed E-state index contributed by atoms with van der Waals surface area (Å²) in [5.41, 5.74) is 3.91. The van der Waals surface area contributed by atoms with E-state index in [9.17, 15) is 13.0 Å². The molecule has 0 aliphatic heterocycles. The second-order valence-electron chi connectivity index (χ2n) is 7.52. The van der Waals surface area contributed by atoms with Crippen LogP contribution >= 0.6 is 7.37 Å². The fraction of sp³-hybridized carbons (Fsp3) is 0.455. The van der Waals surface area contributed by atoms with Gasteiger partial charge in [-0.25, -0.2) is 8.42 Å². The summed E-state index contributed by atoms with van der Waals surface area (Å²) in [5.74, 6) is 0.893. The molecule has 2 rings (SSSR count). The largest absolute Gasteiger partial charge is 0.484 e. The van der Waals surface area contributed by atoms with Crippen LogP contribution in [-0.2, 0) is 30.1 Å². The molecule has 2 aromatic rings. The molecular formula is C22H31O7PS. The highest BCUT2D eigenvalue weighted by molar-refractivity contribution is 7.90. The topological polar surface area (TPSA) is 88.1 Å². The lowest BCUT2D eigenvalue weighted by Gasteiger charge is -2.17. The standard InChI is InChI=1S/C22H31O7PS/c1-7-29-30(5,23)15-28-19-10-16(2)20(17(3)11-19)12-18-8-9-21(27-14-26-4)22(13-18)31(6,24)25/h8-11,13H,7,12,14-15H2,1-6H3. The molecule has 0 saturated carbocycles. The third-order valence-electron chi connectivity index (χ3n) is 4.66. The van der Waals surface area contributed by atoms with Gasteiger partial charge in [-0.05, 0) is 73.7 Å². The van der Waals surface area contributed by atoms with Crippen molar-refractivity contribution in [3.8, 4) is 11.5 Å². The zero-order valence-electron chi connectivity index (χ0n) is 18.9. The van der Waals surface area contributed by atoms with E-state index in [-0.39, 0.29) is 23.8 Å². The van der Waals surface area contributed by atoms with Crippen LogP contribution in [0.25, 0.3) is 0 Å². The van der Waals surface area contributed by atoms with Gasteiger partial charge in [-0.1, -0.05) is 6.07 Å². The molecule has 1 unspecified atom stereocenters. The lowest BCUT2D eigenvalue weighted by Crippen LogP contribution is -2.07. The first-order chi connectivity index (χ1) is 14.5. The average Bonchev–Trinajstić information content (AvgIpc) is 2.67. The van der Waals surface area contributed by atoms with Crippen LogP contribution < -0.4 is 9.47 Å². The Labute approximate surface area is 185 Å². The molecule has 0 radical (unpaired) electrons. The van der Waals surface area contributed by atoms with Crippen molar-refractivity contribution in [3.05, 3.63) is 52.6 Å². The van der Waals surface area contributed by atoms with Gasteiger partial charge in [0, 0.05) is 20.0 Å². The van der Waals surface area contributed by atoms with Crippen molar-refractivity contribution in [3.63, 3.8) is 0 Å². The van der Waals surface area contributed by atoms with Crippen molar-refractivity contribution in [2.45, 2.75) is 32.1 Å². The van der Waals surface area contributed by atoms with Gasteiger partial charge in [0.05, 0.1) is 6.61 Å². The fourth-order valence-corrected chi connectivity index (χ4v) is 5.08. The van der Waals surface area contributed by atoms with Crippen molar-refractivity contribution < 1.29 is 31.7 Å². The second kappa shape index (κ2) is 10.6. The SMILES string of the molecule is CCOP(C)(=O)COc1cc(C)c(Cc2ccc(OCOC)c(S(C)(=O)=O)c2)c(C)c1. The normalized spacial score (nSPS) is 13.6. The molecule has 1 atom stereocenters. The predicted molar refractivity (Wildman–Crippen MR) is 121 cm³/mol. The summed E-state index contributed by atoms with van der Waals surface area (Å²) < 4.78 is 58.0. The summed E-state index contributed by atoms with van der Waals surface area (Å²) in [6, 6.07) is 8.92. The second-order valence-corrected chi connectivity index (χ2v) is 12.1. The molecule has 2 aromatic carbocycles. The number of rotatable bonds is 11. The number of sulfone groups is 1. The number of hydrogen-bond acceptors (Lipinski definition) is 7. The summed E-state index contributed by atoms with van der Waals surface area (Å²) in [6.45, 7) is 7.64. The lowest BCUT2D eigenvalue weighted by molar-refractivity contribution is 0.0490. The number of aryl methyl sites for hydroxylation is 2. The quantitative estimate of drug-likeness (QED) is 0.351. The third kappa shape index (κ3) is 7.35. The highest BCUT2D eigenvalue weighted by Gasteiger charge is 2.18. The van der Waals surface area contributed by atoms with Gasteiger partial charge in [0.25, 0.3) is 0 Å². The Kier molecular flexibility index (Phi) is 8.72. The smallest absolute Gasteiger partial charge is 0.236 e. The highest BCUT2D eigenvalue weighted by Crippen LogP contribution is 2.42. The van der Waals surface area contributed by atoms with Crippen LogP contribution in [0, 0.1) is 13.8 Å². The summed E-state index contributed by atoms with van der Waals surface area (Å²) in [5, 5.41) is 0. The number of benzene rings is 2. The van der Waals surface area contributed by atoms with E-state index in [1.165, 1.54) is 7.11 Å². The molecule has 31 heavy (non-hydrogen) atoms. The first-order valence-electron chi connectivity index (χ1n) is 9.85. The molecule has 7 nitrogen and oxygen atoms in total. The number of ether oxygens (including phenoxy) is 3. The van der Waals surface area contributed by atoms with E-state index in [2.05, 4.69) is 0 Å². The van der Waals surface area contributed by atoms with Gasteiger partial charge in [-0.2, -0.15) is 0 Å². The molecule has 0 bridgehead atoms. The van der Waals surface area contributed by atoms with Gasteiger partial charge in [-0.15, -0.1) is 0 Å². The summed E-state index contributed by atoms with van der Waals surface area (Å²) in [4.78, 5) is 0.131. The average molecular weight is 471 g/mol. The van der Waals surface area contributed by atoms with Gasteiger partial charge >= 0.3 is 0 Å². The van der Waals surface area contributed by atoms with Gasteiger partial charge < -0.3 is 18.7 Å². The van der Waals surface area contributed by atoms with E-state index in [1.807, 2.05) is 32.0 Å². The fourth-order valence-electron chi connectivity index (χ4n) is 3.22. The van der Waals surface area contributed by atoms with Crippen molar-refractivity contribution in [1.82, 2.24) is 0 Å². The Morgan fingerprint density at radius 2 is 1.68 bits per heavy atom. The Hall–Kier alpha value is -1.86. The molecule has 0 aliphatic rings. The maximum atomic E-state index is 12.3. The van der Waals surface area contributed by atoms with Crippen LogP contribution in [0.5, 0.6) is 11.5 Å². The van der Waals surface area contributed by atoms with Gasteiger partial charge in [-0.3, -0.25) is 4.57 Å². The van der Waals surface area contributed by atoms with Crippen LogP contribution in [0.2, 0.25) is 0 Å². The van der Waals surface area contributed by atoms with Crippen LogP contribution in [0.15, 0.2) is 35.2 Å². The first-order valence-corrected chi connectivity index (χ1v) is 14.0. The minimum absolute atomic E-state index is 0.0136.